The summed E-state index contributed by atoms with van der Waals surface area (Å²) >= 11 is 0.998. The third kappa shape index (κ3) is 9.15. The number of aryl methyl sites for hydroxylation is 1. The van der Waals surface area contributed by atoms with Crippen molar-refractivity contribution in [1.82, 2.24) is 5.32 Å². The molecule has 41 heavy (non-hydrogen) atoms. The lowest BCUT2D eigenvalue weighted by molar-refractivity contribution is -0.119. The highest BCUT2D eigenvalue weighted by molar-refractivity contribution is 8.15. The molecule has 0 aliphatic carbocycles. The van der Waals surface area contributed by atoms with E-state index in [1.165, 1.54) is 16.7 Å². The smallest absolute Gasteiger partial charge is 0.286 e. The van der Waals surface area contributed by atoms with Crippen molar-refractivity contribution in [1.29, 1.82) is 0 Å². The molecule has 0 spiro atoms. The van der Waals surface area contributed by atoms with Gasteiger partial charge in [0.05, 0.1) is 20.3 Å². The first-order valence-electron chi connectivity index (χ1n) is 14.1. The molecule has 6 nitrogen and oxygen atoms in total. The molecule has 7 heteroatoms. The summed E-state index contributed by atoms with van der Waals surface area (Å²) in [5, 5.41) is 1.50. The Balaban J connectivity index is 0.00000147. The number of para-hydroxylation sites is 1. The van der Waals surface area contributed by atoms with Crippen molar-refractivity contribution >= 4 is 22.9 Å². The average molecular weight is 576 g/mol. The van der Waals surface area contributed by atoms with Crippen LogP contribution in [0.1, 0.15) is 73.5 Å². The van der Waals surface area contributed by atoms with Gasteiger partial charge in [-0.1, -0.05) is 68.8 Å². The van der Waals surface area contributed by atoms with Crippen molar-refractivity contribution in [3.05, 3.63) is 102 Å². The second-order valence-electron chi connectivity index (χ2n) is 9.74. The van der Waals surface area contributed by atoms with E-state index in [-0.39, 0.29) is 17.1 Å². The topological polar surface area (TPSA) is 73.9 Å². The van der Waals surface area contributed by atoms with E-state index in [0.717, 1.165) is 54.5 Å². The molecule has 4 rings (SSSR count). The van der Waals surface area contributed by atoms with Gasteiger partial charge in [0.15, 0.2) is 0 Å². The van der Waals surface area contributed by atoms with Gasteiger partial charge in [0.2, 0.25) is 5.91 Å². The predicted molar refractivity (Wildman–Crippen MR) is 167 cm³/mol. The molecule has 0 radical (unpaired) electrons. The van der Waals surface area contributed by atoms with E-state index in [2.05, 4.69) is 56.1 Å². The van der Waals surface area contributed by atoms with E-state index in [9.17, 15) is 9.59 Å². The lowest BCUT2D eigenvalue weighted by atomic mass is 9.90. The van der Waals surface area contributed by atoms with Crippen LogP contribution < -0.4 is 19.5 Å². The largest absolute Gasteiger partial charge is 0.496 e. The Kier molecular flexibility index (Phi) is 12.8. The molecule has 1 heterocycles. The molecule has 0 saturated carbocycles. The van der Waals surface area contributed by atoms with Gasteiger partial charge in [-0.2, -0.15) is 0 Å². The van der Waals surface area contributed by atoms with Gasteiger partial charge in [-0.05, 0) is 78.9 Å². The van der Waals surface area contributed by atoms with E-state index >= 15 is 0 Å². The maximum atomic E-state index is 11.9. The van der Waals surface area contributed by atoms with Gasteiger partial charge >= 0.3 is 0 Å². The zero-order chi connectivity index (χ0) is 29.6. The third-order valence-electron chi connectivity index (χ3n) is 6.62. The predicted octanol–water partition coefficient (Wildman–Crippen LogP) is 8.25. The van der Waals surface area contributed by atoms with Crippen LogP contribution in [0.25, 0.3) is 0 Å². The fourth-order valence-electron chi connectivity index (χ4n) is 4.60. The maximum Gasteiger partial charge on any atom is 0.286 e. The second kappa shape index (κ2) is 16.5. The van der Waals surface area contributed by atoms with E-state index in [4.69, 9.17) is 14.2 Å². The van der Waals surface area contributed by atoms with Crippen molar-refractivity contribution < 1.29 is 23.8 Å². The first-order valence-corrected chi connectivity index (χ1v) is 15.0. The number of thioether (sulfide) groups is 1. The molecule has 218 valence electrons. The fraction of sp³-hybridized carbons (Fsp3) is 0.353. The van der Waals surface area contributed by atoms with Crippen LogP contribution in [-0.4, -0.2) is 31.5 Å². The van der Waals surface area contributed by atoms with Gasteiger partial charge < -0.3 is 14.2 Å². The Labute approximate surface area is 248 Å². The lowest BCUT2D eigenvalue weighted by Crippen LogP contribution is -2.20. The first-order chi connectivity index (χ1) is 19.9. The van der Waals surface area contributed by atoms with E-state index in [1.807, 2.05) is 43.3 Å². The molecule has 1 N–H and O–H groups in total. The molecule has 2 atom stereocenters. The molecule has 1 saturated heterocycles. The van der Waals surface area contributed by atoms with Crippen molar-refractivity contribution in [3.63, 3.8) is 0 Å². The third-order valence-corrected chi connectivity index (χ3v) is 7.66. The number of amides is 2. The molecule has 2 amide bonds. The Morgan fingerprint density at radius 2 is 1.71 bits per heavy atom. The highest BCUT2D eigenvalue weighted by Gasteiger charge is 2.33. The van der Waals surface area contributed by atoms with E-state index < -0.39 is 5.25 Å². The zero-order valence-corrected chi connectivity index (χ0v) is 25.3. The van der Waals surface area contributed by atoms with Crippen LogP contribution >= 0.6 is 11.8 Å². The number of benzene rings is 3. The van der Waals surface area contributed by atoms with Gasteiger partial charge in [-0.3, -0.25) is 14.9 Å². The minimum absolute atomic E-state index is 0.216. The van der Waals surface area contributed by atoms with Crippen molar-refractivity contribution in [2.75, 3.05) is 20.3 Å². The van der Waals surface area contributed by atoms with Crippen molar-refractivity contribution in [2.24, 2.45) is 0 Å². The monoisotopic (exact) mass is 575 g/mol. The summed E-state index contributed by atoms with van der Waals surface area (Å²) in [7, 11) is 1.71. The van der Waals surface area contributed by atoms with Gasteiger partial charge in [0.1, 0.15) is 22.5 Å². The number of nitrogens with one attached hydrogen (secondary N) is 1. The quantitative estimate of drug-likeness (QED) is 0.163. The van der Waals surface area contributed by atoms with Gasteiger partial charge in [-0.25, -0.2) is 0 Å². The lowest BCUT2D eigenvalue weighted by Gasteiger charge is -2.19. The van der Waals surface area contributed by atoms with Crippen molar-refractivity contribution in [2.45, 2.75) is 57.6 Å². The molecule has 1 aliphatic rings. The minimum atomic E-state index is -0.513. The number of carbonyl (C=O) groups is 2. The average Bonchev–Trinajstić information content (AvgIpc) is 3.33. The zero-order valence-electron chi connectivity index (χ0n) is 24.5. The second-order valence-corrected chi connectivity index (χ2v) is 10.8. The summed E-state index contributed by atoms with van der Waals surface area (Å²) < 4.78 is 17.6. The highest BCUT2D eigenvalue weighted by Crippen LogP contribution is 2.36. The molecular weight excluding hydrogens is 534 g/mol. The number of rotatable bonds is 13. The minimum Gasteiger partial charge on any atom is -0.496 e. The van der Waals surface area contributed by atoms with E-state index in [0.29, 0.717) is 19.0 Å². The number of imide groups is 1. The molecule has 0 bridgehead atoms. The number of methoxy groups -OCH3 is 1. The number of hydrogen-bond acceptors (Lipinski definition) is 6. The molecular formula is C34H41NO5S. The molecule has 1 fully saturated rings. The van der Waals surface area contributed by atoms with Crippen LogP contribution in [0.15, 0.2) is 79.4 Å². The molecule has 3 aromatic rings. The summed E-state index contributed by atoms with van der Waals surface area (Å²) in [6.45, 7) is 10.8. The summed E-state index contributed by atoms with van der Waals surface area (Å²) in [6, 6.07) is 22.1. The Bertz CT molecular complexity index is 1310. The van der Waals surface area contributed by atoms with Crippen LogP contribution in [0.3, 0.4) is 0 Å². The standard InChI is InChI=1S/C31H35NO5S.C3H6/c1-4-10-23-19-22(21(2)26-13-5-6-14-28(26)35-3)15-16-27(23)37-18-8-7-17-36-25-12-9-11-24(20-25)29-30(33)32-31(34)38-29;1-3-2/h5-6,9,11-16,19-21,29H,4,7-8,10,17-18H2,1-3H3,(H,32,33,34);3H,1H2,2H3. The molecule has 2 unspecified atom stereocenters. The number of carbonyl (C=O) groups excluding carboxylic acids is 2. The Morgan fingerprint density at radius 3 is 2.39 bits per heavy atom. The molecule has 3 aromatic carbocycles. The van der Waals surface area contributed by atoms with Crippen LogP contribution in [0.4, 0.5) is 4.79 Å². The highest BCUT2D eigenvalue weighted by atomic mass is 32.2. The molecule has 1 aliphatic heterocycles. The summed E-state index contributed by atoms with van der Waals surface area (Å²) in [4.78, 5) is 23.4. The molecule has 0 aromatic heterocycles. The maximum absolute atomic E-state index is 11.9. The SMILES string of the molecule is C=CC.CCCc1cc(C(C)c2ccccc2OC)ccc1OCCCCOc1cccc(C2SC(=O)NC2=O)c1. The number of ether oxygens (including phenoxy) is 3. The van der Waals surface area contributed by atoms with E-state index in [1.54, 1.807) is 13.2 Å². The summed E-state index contributed by atoms with van der Waals surface area (Å²) in [5.74, 6) is 2.48. The summed E-state index contributed by atoms with van der Waals surface area (Å²) in [5.41, 5.74) is 4.42. The van der Waals surface area contributed by atoms with Gasteiger partial charge in [-0.15, -0.1) is 6.58 Å². The van der Waals surface area contributed by atoms with Crippen LogP contribution in [0.5, 0.6) is 17.2 Å². The van der Waals surface area contributed by atoms with Gasteiger partial charge in [0.25, 0.3) is 5.24 Å². The normalized spacial score (nSPS) is 14.9. The first kappa shape index (κ1) is 31.8. The van der Waals surface area contributed by atoms with Crippen LogP contribution in [0, 0.1) is 0 Å². The number of allylic oxidation sites excluding steroid dienone is 1. The van der Waals surface area contributed by atoms with Crippen LogP contribution in [0.2, 0.25) is 0 Å². The Morgan fingerprint density at radius 1 is 0.976 bits per heavy atom. The fourth-order valence-corrected chi connectivity index (χ4v) is 5.42. The van der Waals surface area contributed by atoms with Gasteiger partial charge in [0, 0.05) is 11.5 Å². The van der Waals surface area contributed by atoms with Crippen LogP contribution in [-0.2, 0) is 11.2 Å². The Hall–Kier alpha value is -3.71. The van der Waals surface area contributed by atoms with Crippen molar-refractivity contribution in [3.8, 4) is 17.2 Å². The number of hydrogen-bond donors (Lipinski definition) is 1. The summed E-state index contributed by atoms with van der Waals surface area (Å²) in [6.07, 6.45) is 5.46. The number of unbranched alkanes of at least 4 members (excludes halogenated alkanes) is 1.